The van der Waals surface area contributed by atoms with Crippen molar-refractivity contribution in [3.63, 3.8) is 0 Å². The van der Waals surface area contributed by atoms with Gasteiger partial charge in [0.15, 0.2) is 0 Å². The normalized spacial score (nSPS) is 19.2. The quantitative estimate of drug-likeness (QED) is 0.775. The van der Waals surface area contributed by atoms with Crippen LogP contribution in [0.1, 0.15) is 41.4 Å². The Hall–Kier alpha value is -3.29. The maximum atomic E-state index is 14.6. The number of nitrogens with zero attached hydrogens (tertiary/aromatic N) is 3. The number of pyridine rings is 1. The number of nitrogens with one attached hydrogen (secondary N) is 1. The lowest BCUT2D eigenvalue weighted by Crippen LogP contribution is -2.36. The Morgan fingerprint density at radius 3 is 2.89 bits per heavy atom. The summed E-state index contributed by atoms with van der Waals surface area (Å²) in [4.78, 5) is 24.9. The van der Waals surface area contributed by atoms with Crippen molar-refractivity contribution in [1.82, 2.24) is 4.98 Å². The Kier molecular flexibility index (Phi) is 5.67. The number of ether oxygens (including phenoxy) is 1. The molecular formula is C20H22FN5O2. The van der Waals surface area contributed by atoms with E-state index in [1.54, 1.807) is 37.7 Å². The zero-order valence-corrected chi connectivity index (χ0v) is 15.8. The van der Waals surface area contributed by atoms with Crippen molar-refractivity contribution in [2.75, 3.05) is 19.0 Å². The van der Waals surface area contributed by atoms with Crippen LogP contribution in [0.2, 0.25) is 0 Å². The second-order valence-electron chi connectivity index (χ2n) is 6.45. The molecule has 0 saturated heterocycles. The molecule has 3 N–H and O–H groups in total. The van der Waals surface area contributed by atoms with Gasteiger partial charge in [-0.2, -0.15) is 0 Å². The van der Waals surface area contributed by atoms with Gasteiger partial charge in [0.1, 0.15) is 11.5 Å². The minimum atomic E-state index is -0.813. The molecule has 0 spiro atoms. The third-order valence-electron chi connectivity index (χ3n) is 4.70. The Morgan fingerprint density at radius 1 is 1.43 bits per heavy atom. The number of halogens is 1. The van der Waals surface area contributed by atoms with Crippen molar-refractivity contribution in [3.05, 3.63) is 59.2 Å². The molecule has 1 aliphatic rings. The number of rotatable bonds is 5. The van der Waals surface area contributed by atoms with Gasteiger partial charge >= 0.3 is 0 Å². The van der Waals surface area contributed by atoms with Gasteiger partial charge in [0.2, 0.25) is 0 Å². The molecule has 1 aromatic carbocycles. The number of carbonyl (C=O) groups excluding carboxylic acids is 1. The van der Waals surface area contributed by atoms with Crippen molar-refractivity contribution in [2.45, 2.75) is 25.3 Å². The van der Waals surface area contributed by atoms with Crippen LogP contribution in [0, 0.1) is 5.82 Å². The lowest BCUT2D eigenvalue weighted by atomic mass is 9.84. The van der Waals surface area contributed by atoms with Gasteiger partial charge in [0, 0.05) is 42.7 Å². The highest BCUT2D eigenvalue weighted by Crippen LogP contribution is 2.38. The van der Waals surface area contributed by atoms with E-state index in [0.717, 1.165) is 5.56 Å². The molecule has 0 unspecified atom stereocenters. The third-order valence-corrected chi connectivity index (χ3v) is 4.70. The second kappa shape index (κ2) is 8.16. The van der Waals surface area contributed by atoms with Crippen LogP contribution in [0.3, 0.4) is 0 Å². The van der Waals surface area contributed by atoms with Gasteiger partial charge in [-0.05, 0) is 36.8 Å². The minimum Gasteiger partial charge on any atom is -0.465 e. The number of benzene rings is 1. The molecule has 0 fully saturated rings. The third kappa shape index (κ3) is 4.00. The van der Waals surface area contributed by atoms with Crippen LogP contribution in [0.4, 0.5) is 10.1 Å². The van der Waals surface area contributed by atoms with Crippen LogP contribution in [0.15, 0.2) is 46.5 Å². The number of hydrogen-bond donors (Lipinski definition) is 2. The number of anilines is 1. The Labute approximate surface area is 162 Å². The fourth-order valence-corrected chi connectivity index (χ4v) is 3.18. The number of nitrogens with two attached hydrogens (primary N) is 1. The fourth-order valence-electron chi connectivity index (χ4n) is 3.18. The molecule has 0 aliphatic carbocycles. The van der Waals surface area contributed by atoms with E-state index >= 15 is 0 Å². The van der Waals surface area contributed by atoms with E-state index in [0.29, 0.717) is 30.7 Å². The van der Waals surface area contributed by atoms with E-state index < -0.39 is 17.3 Å². The van der Waals surface area contributed by atoms with Crippen molar-refractivity contribution < 1.29 is 13.9 Å². The largest absolute Gasteiger partial charge is 0.465 e. The standard InChI is InChI=1S/C20H22FN5O2/c1-3-20(8-9-28-19(22)26-20)15-10-14(5-6-16(15)21)25-18(27)17-7-4-13(11-23-2)12-24-17/h4-7,10-12H,3,8-9H2,1-2H3,(H2,22,26)(H,25,27)/t20-/m0/s1. The molecule has 0 saturated carbocycles. The van der Waals surface area contributed by atoms with Crippen molar-refractivity contribution >= 4 is 23.8 Å². The number of hydrogen-bond acceptors (Lipinski definition) is 6. The number of amides is 1. The van der Waals surface area contributed by atoms with Crippen LogP contribution in [-0.2, 0) is 10.3 Å². The van der Waals surface area contributed by atoms with E-state index in [1.807, 2.05) is 6.92 Å². The lowest BCUT2D eigenvalue weighted by molar-refractivity contribution is 0.102. The van der Waals surface area contributed by atoms with Gasteiger partial charge in [0.25, 0.3) is 11.9 Å². The summed E-state index contributed by atoms with van der Waals surface area (Å²) in [7, 11) is 1.66. The summed E-state index contributed by atoms with van der Waals surface area (Å²) in [5, 5.41) is 2.76. The highest BCUT2D eigenvalue weighted by molar-refractivity contribution is 6.03. The number of carbonyl (C=O) groups is 1. The van der Waals surface area contributed by atoms with E-state index in [1.165, 1.54) is 12.1 Å². The zero-order chi connectivity index (χ0) is 20.1. The molecule has 2 heterocycles. The summed E-state index contributed by atoms with van der Waals surface area (Å²) in [6, 6.07) is 7.81. The average Bonchev–Trinajstić information content (AvgIpc) is 2.70. The highest BCUT2D eigenvalue weighted by atomic mass is 19.1. The molecule has 7 nitrogen and oxygen atoms in total. The number of aliphatic imine (C=N–C) groups is 2. The molecule has 28 heavy (non-hydrogen) atoms. The lowest BCUT2D eigenvalue weighted by Gasteiger charge is -2.33. The first kappa shape index (κ1) is 19.5. The highest BCUT2D eigenvalue weighted by Gasteiger charge is 2.36. The molecule has 8 heteroatoms. The molecule has 3 rings (SSSR count). The molecule has 146 valence electrons. The summed E-state index contributed by atoms with van der Waals surface area (Å²) in [5.74, 6) is -0.794. The molecule has 1 atom stereocenters. The monoisotopic (exact) mass is 383 g/mol. The second-order valence-corrected chi connectivity index (χ2v) is 6.45. The van der Waals surface area contributed by atoms with Gasteiger partial charge in [-0.1, -0.05) is 6.92 Å². The first-order chi connectivity index (χ1) is 13.5. The Bertz CT molecular complexity index is 927. The van der Waals surface area contributed by atoms with E-state index in [4.69, 9.17) is 10.5 Å². The summed E-state index contributed by atoms with van der Waals surface area (Å²) in [6.45, 7) is 2.27. The topological polar surface area (TPSA) is 102 Å². The van der Waals surface area contributed by atoms with E-state index in [2.05, 4.69) is 20.3 Å². The summed E-state index contributed by atoms with van der Waals surface area (Å²) < 4.78 is 19.8. The molecule has 0 radical (unpaired) electrons. The van der Waals surface area contributed by atoms with Gasteiger partial charge in [0.05, 0.1) is 12.1 Å². The Balaban J connectivity index is 1.87. The molecule has 1 amide bonds. The zero-order valence-electron chi connectivity index (χ0n) is 15.8. The summed E-state index contributed by atoms with van der Waals surface area (Å²) in [6.07, 6.45) is 4.25. The van der Waals surface area contributed by atoms with Crippen LogP contribution >= 0.6 is 0 Å². The smallest absolute Gasteiger partial charge is 0.282 e. The first-order valence-corrected chi connectivity index (χ1v) is 8.95. The van der Waals surface area contributed by atoms with E-state index in [-0.39, 0.29) is 11.7 Å². The maximum absolute atomic E-state index is 14.6. The minimum absolute atomic E-state index is 0.0434. The van der Waals surface area contributed by atoms with Crippen LogP contribution in [0.25, 0.3) is 0 Å². The van der Waals surface area contributed by atoms with Crippen molar-refractivity contribution in [3.8, 4) is 0 Å². The van der Waals surface area contributed by atoms with Crippen LogP contribution in [0.5, 0.6) is 0 Å². The van der Waals surface area contributed by atoms with Gasteiger partial charge in [-0.25, -0.2) is 9.38 Å². The van der Waals surface area contributed by atoms with Gasteiger partial charge < -0.3 is 15.8 Å². The fraction of sp³-hybridized carbons (Fsp3) is 0.300. The molecule has 2 aromatic rings. The maximum Gasteiger partial charge on any atom is 0.282 e. The molecular weight excluding hydrogens is 361 g/mol. The first-order valence-electron chi connectivity index (χ1n) is 8.95. The average molecular weight is 383 g/mol. The van der Waals surface area contributed by atoms with Gasteiger partial charge in [-0.3, -0.25) is 14.8 Å². The van der Waals surface area contributed by atoms with Crippen molar-refractivity contribution in [2.24, 2.45) is 15.7 Å². The summed E-state index contributed by atoms with van der Waals surface area (Å²) in [5.41, 5.74) is 6.78. The van der Waals surface area contributed by atoms with Crippen LogP contribution < -0.4 is 11.1 Å². The van der Waals surface area contributed by atoms with Gasteiger partial charge in [-0.15, -0.1) is 0 Å². The number of amidine groups is 1. The van der Waals surface area contributed by atoms with E-state index in [9.17, 15) is 9.18 Å². The Morgan fingerprint density at radius 2 is 2.25 bits per heavy atom. The van der Waals surface area contributed by atoms with Crippen molar-refractivity contribution in [1.29, 1.82) is 0 Å². The SMILES string of the molecule is CC[C@@]1(c2cc(NC(=O)c3ccc(C=NC)cn3)ccc2F)CCOC(N)=N1. The predicted octanol–water partition coefficient (Wildman–Crippen LogP) is 2.86. The summed E-state index contributed by atoms with van der Waals surface area (Å²) >= 11 is 0. The predicted molar refractivity (Wildman–Crippen MR) is 106 cm³/mol. The number of aromatic nitrogens is 1. The van der Waals surface area contributed by atoms with Crippen LogP contribution in [-0.4, -0.2) is 36.8 Å². The molecule has 0 bridgehead atoms. The molecule has 1 aliphatic heterocycles. The molecule has 1 aromatic heterocycles.